The summed E-state index contributed by atoms with van der Waals surface area (Å²) in [6.45, 7) is 5.62. The molecular formula is C20H26ClNO5. The van der Waals surface area contributed by atoms with Crippen LogP contribution < -0.4 is 9.47 Å². The number of carbonyl (C=O) groups excluding carboxylic acids is 2. The van der Waals surface area contributed by atoms with E-state index in [1.54, 1.807) is 23.1 Å². The minimum atomic E-state index is -0.586. The molecule has 0 aromatic heterocycles. The van der Waals surface area contributed by atoms with Crippen LogP contribution >= 0.6 is 11.6 Å². The summed E-state index contributed by atoms with van der Waals surface area (Å²) in [5.74, 6) is 0.679. The summed E-state index contributed by atoms with van der Waals surface area (Å²) >= 11 is 6.20. The van der Waals surface area contributed by atoms with Gasteiger partial charge in [-0.25, -0.2) is 4.79 Å². The summed E-state index contributed by atoms with van der Waals surface area (Å²) in [5.41, 5.74) is 0.661. The fourth-order valence-corrected chi connectivity index (χ4v) is 3.25. The summed E-state index contributed by atoms with van der Waals surface area (Å²) in [5, 5.41) is 0.388. The Hall–Kier alpha value is -2.21. The minimum absolute atomic E-state index is 0.158. The molecule has 1 saturated heterocycles. The van der Waals surface area contributed by atoms with Crippen LogP contribution in [-0.4, -0.2) is 50.2 Å². The molecule has 1 amide bonds. The summed E-state index contributed by atoms with van der Waals surface area (Å²) in [6.07, 6.45) is 4.93. The van der Waals surface area contributed by atoms with Crippen molar-refractivity contribution in [2.24, 2.45) is 5.92 Å². The van der Waals surface area contributed by atoms with Crippen molar-refractivity contribution in [2.75, 3.05) is 33.4 Å². The zero-order chi connectivity index (χ0) is 19.8. The van der Waals surface area contributed by atoms with Crippen LogP contribution in [-0.2, 0) is 14.3 Å². The molecule has 0 aliphatic carbocycles. The second-order valence-corrected chi connectivity index (χ2v) is 6.90. The minimum Gasteiger partial charge on any atom is -0.493 e. The molecule has 0 unspecified atom stereocenters. The van der Waals surface area contributed by atoms with Gasteiger partial charge in [-0.15, -0.1) is 0 Å². The normalized spacial score (nSPS) is 17.0. The average Bonchev–Trinajstić information content (AvgIpc) is 2.66. The van der Waals surface area contributed by atoms with Gasteiger partial charge in [0.1, 0.15) is 0 Å². The van der Waals surface area contributed by atoms with Crippen molar-refractivity contribution in [3.63, 3.8) is 0 Å². The lowest BCUT2D eigenvalue weighted by Gasteiger charge is -2.30. The SMILES string of the molecule is CCOc1c(Cl)cc(/C=C/C(=O)OCC(=O)N2CCC[C@@H](C)C2)cc1OC. The molecule has 148 valence electrons. The molecule has 1 fully saturated rings. The van der Waals surface area contributed by atoms with E-state index >= 15 is 0 Å². The third kappa shape index (κ3) is 6.17. The number of esters is 1. The predicted molar refractivity (Wildman–Crippen MR) is 104 cm³/mol. The Morgan fingerprint density at radius 1 is 1.37 bits per heavy atom. The maximum Gasteiger partial charge on any atom is 0.331 e. The maximum atomic E-state index is 12.1. The number of halogens is 1. The van der Waals surface area contributed by atoms with Gasteiger partial charge >= 0.3 is 5.97 Å². The van der Waals surface area contributed by atoms with Gasteiger partial charge in [0.05, 0.1) is 18.7 Å². The predicted octanol–water partition coefficient (Wildman–Crippen LogP) is 3.56. The Bertz CT molecular complexity index is 704. The molecule has 2 rings (SSSR count). The number of methoxy groups -OCH3 is 1. The number of likely N-dealkylation sites (tertiary alicyclic amines) is 1. The van der Waals surface area contributed by atoms with Crippen molar-refractivity contribution in [1.82, 2.24) is 4.90 Å². The summed E-state index contributed by atoms with van der Waals surface area (Å²) in [4.78, 5) is 25.8. The van der Waals surface area contributed by atoms with Gasteiger partial charge in [-0.2, -0.15) is 0 Å². The summed E-state index contributed by atoms with van der Waals surface area (Å²) in [6, 6.07) is 3.38. The molecule has 1 heterocycles. The maximum absolute atomic E-state index is 12.1. The lowest BCUT2D eigenvalue weighted by atomic mass is 10.0. The first-order valence-corrected chi connectivity index (χ1v) is 9.45. The fourth-order valence-electron chi connectivity index (χ4n) is 2.97. The second kappa shape index (κ2) is 10.2. The Morgan fingerprint density at radius 2 is 2.15 bits per heavy atom. The first-order chi connectivity index (χ1) is 12.9. The van der Waals surface area contributed by atoms with Gasteiger partial charge in [-0.05, 0) is 49.5 Å². The number of carbonyl (C=O) groups is 2. The first-order valence-electron chi connectivity index (χ1n) is 9.07. The molecule has 0 spiro atoms. The molecule has 0 saturated carbocycles. The van der Waals surface area contributed by atoms with Crippen molar-refractivity contribution in [1.29, 1.82) is 0 Å². The molecule has 0 bridgehead atoms. The second-order valence-electron chi connectivity index (χ2n) is 6.50. The van der Waals surface area contributed by atoms with E-state index < -0.39 is 5.97 Å². The van der Waals surface area contributed by atoms with Crippen molar-refractivity contribution >= 4 is 29.6 Å². The molecule has 1 aromatic carbocycles. The Balaban J connectivity index is 1.92. The first kappa shape index (κ1) is 21.1. The van der Waals surface area contributed by atoms with Crippen LogP contribution in [0.5, 0.6) is 11.5 Å². The van der Waals surface area contributed by atoms with Crippen LogP contribution in [0, 0.1) is 5.92 Å². The highest BCUT2D eigenvalue weighted by atomic mass is 35.5. The molecule has 0 radical (unpaired) electrons. The average molecular weight is 396 g/mol. The number of piperidine rings is 1. The van der Waals surface area contributed by atoms with E-state index in [1.165, 1.54) is 13.2 Å². The van der Waals surface area contributed by atoms with E-state index in [2.05, 4.69) is 6.92 Å². The smallest absolute Gasteiger partial charge is 0.331 e. The molecule has 0 N–H and O–H groups in total. The standard InChI is InChI=1S/C20H26ClNO5/c1-4-26-20-16(21)10-15(11-17(20)25-3)7-8-19(24)27-13-18(23)22-9-5-6-14(2)12-22/h7-8,10-11,14H,4-6,9,12-13H2,1-3H3/b8-7+/t14-/m1/s1. The molecule has 7 heteroatoms. The van der Waals surface area contributed by atoms with Crippen LogP contribution in [0.4, 0.5) is 0 Å². The Labute approximate surface area is 165 Å². The Morgan fingerprint density at radius 3 is 2.81 bits per heavy atom. The number of ether oxygens (including phenoxy) is 3. The Kier molecular flexibility index (Phi) is 7.98. The van der Waals surface area contributed by atoms with Gasteiger partial charge in [0.15, 0.2) is 18.1 Å². The number of benzene rings is 1. The van der Waals surface area contributed by atoms with Crippen LogP contribution in [0.25, 0.3) is 6.08 Å². The third-order valence-electron chi connectivity index (χ3n) is 4.30. The number of hydrogen-bond acceptors (Lipinski definition) is 5. The van der Waals surface area contributed by atoms with Crippen molar-refractivity contribution in [3.05, 3.63) is 28.8 Å². The van der Waals surface area contributed by atoms with E-state index in [0.29, 0.717) is 34.6 Å². The highest BCUT2D eigenvalue weighted by Gasteiger charge is 2.21. The van der Waals surface area contributed by atoms with Gasteiger partial charge in [-0.1, -0.05) is 18.5 Å². The zero-order valence-corrected chi connectivity index (χ0v) is 16.8. The van der Waals surface area contributed by atoms with Gasteiger partial charge in [0.25, 0.3) is 5.91 Å². The molecular weight excluding hydrogens is 370 g/mol. The van der Waals surface area contributed by atoms with Gasteiger partial charge < -0.3 is 19.1 Å². The van der Waals surface area contributed by atoms with E-state index in [4.69, 9.17) is 25.8 Å². The van der Waals surface area contributed by atoms with Gasteiger partial charge in [-0.3, -0.25) is 4.79 Å². The quantitative estimate of drug-likeness (QED) is 0.521. The number of rotatable bonds is 7. The van der Waals surface area contributed by atoms with Crippen LogP contribution in [0.1, 0.15) is 32.3 Å². The van der Waals surface area contributed by atoms with Crippen molar-refractivity contribution in [3.8, 4) is 11.5 Å². The van der Waals surface area contributed by atoms with Crippen molar-refractivity contribution < 1.29 is 23.8 Å². The highest BCUT2D eigenvalue weighted by molar-refractivity contribution is 6.32. The molecule has 1 atom stereocenters. The highest BCUT2D eigenvalue weighted by Crippen LogP contribution is 2.36. The van der Waals surface area contributed by atoms with E-state index in [1.807, 2.05) is 6.92 Å². The van der Waals surface area contributed by atoms with Gasteiger partial charge in [0.2, 0.25) is 0 Å². The zero-order valence-electron chi connectivity index (χ0n) is 16.0. The molecule has 6 nitrogen and oxygen atoms in total. The van der Waals surface area contributed by atoms with Crippen LogP contribution in [0.15, 0.2) is 18.2 Å². The van der Waals surface area contributed by atoms with Gasteiger partial charge in [0, 0.05) is 19.2 Å². The number of nitrogens with zero attached hydrogens (tertiary/aromatic N) is 1. The third-order valence-corrected chi connectivity index (χ3v) is 4.58. The number of hydrogen-bond donors (Lipinski definition) is 0. The van der Waals surface area contributed by atoms with Crippen LogP contribution in [0.2, 0.25) is 5.02 Å². The van der Waals surface area contributed by atoms with Crippen LogP contribution in [0.3, 0.4) is 0 Å². The lowest BCUT2D eigenvalue weighted by Crippen LogP contribution is -2.41. The van der Waals surface area contributed by atoms with E-state index in [0.717, 1.165) is 25.9 Å². The summed E-state index contributed by atoms with van der Waals surface area (Å²) < 4.78 is 15.8. The monoisotopic (exact) mass is 395 g/mol. The topological polar surface area (TPSA) is 65.1 Å². The summed E-state index contributed by atoms with van der Waals surface area (Å²) in [7, 11) is 1.52. The fraction of sp³-hybridized carbons (Fsp3) is 0.500. The lowest BCUT2D eigenvalue weighted by molar-refractivity contribution is -0.149. The molecule has 1 aliphatic rings. The van der Waals surface area contributed by atoms with E-state index in [9.17, 15) is 9.59 Å². The number of amides is 1. The molecule has 1 aromatic rings. The molecule has 27 heavy (non-hydrogen) atoms. The largest absolute Gasteiger partial charge is 0.493 e. The van der Waals surface area contributed by atoms with E-state index in [-0.39, 0.29) is 12.5 Å². The molecule has 1 aliphatic heterocycles. The van der Waals surface area contributed by atoms with Crippen molar-refractivity contribution in [2.45, 2.75) is 26.7 Å².